The predicted octanol–water partition coefficient (Wildman–Crippen LogP) is 4.68. The third kappa shape index (κ3) is 6.29. The van der Waals surface area contributed by atoms with E-state index in [-0.39, 0.29) is 23.5 Å². The van der Waals surface area contributed by atoms with Crippen molar-refractivity contribution >= 4 is 21.6 Å². The van der Waals surface area contributed by atoms with Gasteiger partial charge in [-0.3, -0.25) is 9.52 Å². The van der Waals surface area contributed by atoms with E-state index < -0.39 is 10.0 Å². The van der Waals surface area contributed by atoms with Crippen LogP contribution >= 0.6 is 0 Å². The molecule has 1 amide bonds. The summed E-state index contributed by atoms with van der Waals surface area (Å²) in [6.45, 7) is 7.90. The van der Waals surface area contributed by atoms with Gasteiger partial charge in [-0.2, -0.15) is 0 Å². The number of hydrogen-bond donors (Lipinski definition) is 2. The molecule has 0 aromatic heterocycles. The van der Waals surface area contributed by atoms with Crippen LogP contribution in [0, 0.1) is 20.8 Å². The van der Waals surface area contributed by atoms with E-state index >= 15 is 0 Å². The van der Waals surface area contributed by atoms with Gasteiger partial charge in [-0.15, -0.1) is 0 Å². The molecular formula is C26H30N2O5S. The molecule has 0 saturated heterocycles. The Kier molecular flexibility index (Phi) is 7.83. The lowest BCUT2D eigenvalue weighted by Crippen LogP contribution is -2.31. The molecule has 3 aromatic carbocycles. The highest BCUT2D eigenvalue weighted by molar-refractivity contribution is 7.92. The zero-order valence-corrected chi connectivity index (χ0v) is 20.8. The smallest absolute Gasteiger partial charge is 0.261 e. The fraction of sp³-hybridized carbons (Fsp3) is 0.269. The van der Waals surface area contributed by atoms with Crippen molar-refractivity contribution in [3.63, 3.8) is 0 Å². The lowest BCUT2D eigenvalue weighted by Gasteiger charge is -2.18. The van der Waals surface area contributed by atoms with Crippen molar-refractivity contribution in [2.75, 3.05) is 18.4 Å². The largest absolute Gasteiger partial charge is 0.497 e. The summed E-state index contributed by atoms with van der Waals surface area (Å²) < 4.78 is 38.5. The van der Waals surface area contributed by atoms with E-state index in [1.807, 2.05) is 20.8 Å². The normalized spacial score (nSPS) is 12.0. The molecule has 3 aromatic rings. The molecule has 0 aliphatic carbocycles. The summed E-state index contributed by atoms with van der Waals surface area (Å²) in [5.74, 6) is 0.677. The average Bonchev–Trinajstić information content (AvgIpc) is 2.80. The standard InChI is InChI=1S/C26H30N2O5S/c1-17-13-19(3)25(14-18(17)2)20(4)27-26(29)16-33-22-9-11-24(12-10-22)34(30,31)28-21-7-6-8-23(15-21)32-5/h6-15,20,28H,16H2,1-5H3,(H,27,29)/t20-/m1/s1. The summed E-state index contributed by atoms with van der Waals surface area (Å²) in [6.07, 6.45) is 0. The van der Waals surface area contributed by atoms with E-state index in [0.29, 0.717) is 17.2 Å². The number of carbonyl (C=O) groups is 1. The summed E-state index contributed by atoms with van der Waals surface area (Å²) in [7, 11) is -2.27. The summed E-state index contributed by atoms with van der Waals surface area (Å²) >= 11 is 0. The number of hydrogen-bond acceptors (Lipinski definition) is 5. The van der Waals surface area contributed by atoms with Crippen LogP contribution < -0.4 is 19.5 Å². The quantitative estimate of drug-likeness (QED) is 0.462. The number of ether oxygens (including phenoxy) is 2. The van der Waals surface area contributed by atoms with E-state index in [1.165, 1.54) is 42.5 Å². The van der Waals surface area contributed by atoms with Crippen LogP contribution in [0.15, 0.2) is 65.6 Å². The number of sulfonamides is 1. The first-order valence-corrected chi connectivity index (χ1v) is 12.3. The number of rotatable bonds is 9. The van der Waals surface area contributed by atoms with Crippen LogP contribution in [0.2, 0.25) is 0 Å². The van der Waals surface area contributed by atoms with Crippen molar-refractivity contribution < 1.29 is 22.7 Å². The molecule has 34 heavy (non-hydrogen) atoms. The fourth-order valence-corrected chi connectivity index (χ4v) is 4.62. The molecule has 0 fully saturated rings. The maximum absolute atomic E-state index is 12.7. The lowest BCUT2D eigenvalue weighted by atomic mass is 9.96. The summed E-state index contributed by atoms with van der Waals surface area (Å²) in [6, 6.07) is 16.6. The minimum atomic E-state index is -3.78. The first kappa shape index (κ1) is 25.1. The maximum Gasteiger partial charge on any atom is 0.261 e. The van der Waals surface area contributed by atoms with Gasteiger partial charge in [0.25, 0.3) is 15.9 Å². The van der Waals surface area contributed by atoms with Gasteiger partial charge >= 0.3 is 0 Å². The molecule has 0 saturated carbocycles. The summed E-state index contributed by atoms with van der Waals surface area (Å²) in [5, 5.41) is 2.95. The van der Waals surface area contributed by atoms with E-state index in [9.17, 15) is 13.2 Å². The SMILES string of the molecule is COc1cccc(NS(=O)(=O)c2ccc(OCC(=O)N[C@H](C)c3cc(C)c(C)cc3C)cc2)c1. The van der Waals surface area contributed by atoms with Crippen molar-refractivity contribution in [1.29, 1.82) is 0 Å². The van der Waals surface area contributed by atoms with Gasteiger partial charge in [0.2, 0.25) is 0 Å². The first-order chi connectivity index (χ1) is 16.1. The highest BCUT2D eigenvalue weighted by atomic mass is 32.2. The molecule has 0 spiro atoms. The number of anilines is 1. The molecule has 180 valence electrons. The molecule has 0 unspecified atom stereocenters. The predicted molar refractivity (Wildman–Crippen MR) is 133 cm³/mol. The molecule has 0 radical (unpaired) electrons. The minimum Gasteiger partial charge on any atom is -0.497 e. The van der Waals surface area contributed by atoms with Crippen molar-refractivity contribution in [3.8, 4) is 11.5 Å². The Morgan fingerprint density at radius 3 is 2.26 bits per heavy atom. The Labute approximate surface area is 201 Å². The van der Waals surface area contributed by atoms with Gasteiger partial charge < -0.3 is 14.8 Å². The van der Waals surface area contributed by atoms with Crippen molar-refractivity contribution in [2.45, 2.75) is 38.6 Å². The molecule has 0 heterocycles. The number of nitrogens with one attached hydrogen (secondary N) is 2. The highest BCUT2D eigenvalue weighted by Crippen LogP contribution is 2.23. The van der Waals surface area contributed by atoms with Crippen LogP contribution in [0.3, 0.4) is 0 Å². The van der Waals surface area contributed by atoms with Gasteiger partial charge in [-0.25, -0.2) is 8.42 Å². The van der Waals surface area contributed by atoms with Crippen LogP contribution in [0.5, 0.6) is 11.5 Å². The number of amides is 1. The lowest BCUT2D eigenvalue weighted by molar-refractivity contribution is -0.123. The zero-order chi connectivity index (χ0) is 24.9. The van der Waals surface area contributed by atoms with E-state index in [1.54, 1.807) is 24.3 Å². The Hall–Kier alpha value is -3.52. The Bertz CT molecular complexity index is 1270. The van der Waals surface area contributed by atoms with Gasteiger partial charge in [0.05, 0.1) is 23.7 Å². The van der Waals surface area contributed by atoms with Gasteiger partial charge in [-0.1, -0.05) is 18.2 Å². The maximum atomic E-state index is 12.7. The third-order valence-corrected chi connectivity index (χ3v) is 6.95. The summed E-state index contributed by atoms with van der Waals surface area (Å²) in [4.78, 5) is 12.5. The van der Waals surface area contributed by atoms with Crippen molar-refractivity contribution in [3.05, 3.63) is 82.9 Å². The fourth-order valence-electron chi connectivity index (χ4n) is 3.57. The average molecular weight is 483 g/mol. The van der Waals surface area contributed by atoms with Crippen LogP contribution in [0.25, 0.3) is 0 Å². The molecule has 0 aliphatic heterocycles. The van der Waals surface area contributed by atoms with Crippen molar-refractivity contribution in [2.24, 2.45) is 0 Å². The van der Waals surface area contributed by atoms with Crippen molar-refractivity contribution in [1.82, 2.24) is 5.32 Å². The Morgan fingerprint density at radius 1 is 0.912 bits per heavy atom. The number of aryl methyl sites for hydroxylation is 3. The molecule has 0 bridgehead atoms. The number of benzene rings is 3. The third-order valence-electron chi connectivity index (χ3n) is 5.55. The summed E-state index contributed by atoms with van der Waals surface area (Å²) in [5.41, 5.74) is 4.97. The van der Waals surface area contributed by atoms with Crippen LogP contribution in [-0.2, 0) is 14.8 Å². The number of carbonyl (C=O) groups excluding carboxylic acids is 1. The molecule has 3 rings (SSSR count). The zero-order valence-electron chi connectivity index (χ0n) is 20.0. The van der Waals surface area contributed by atoms with E-state index in [2.05, 4.69) is 29.1 Å². The van der Waals surface area contributed by atoms with E-state index in [4.69, 9.17) is 9.47 Å². The topological polar surface area (TPSA) is 93.7 Å². The van der Waals surface area contributed by atoms with Crippen LogP contribution in [0.4, 0.5) is 5.69 Å². The highest BCUT2D eigenvalue weighted by Gasteiger charge is 2.16. The van der Waals surface area contributed by atoms with E-state index in [0.717, 1.165) is 11.1 Å². The first-order valence-electron chi connectivity index (χ1n) is 10.9. The molecule has 0 aliphatic rings. The molecular weight excluding hydrogens is 452 g/mol. The Balaban J connectivity index is 1.58. The second kappa shape index (κ2) is 10.6. The van der Waals surface area contributed by atoms with Gasteiger partial charge in [0.15, 0.2) is 6.61 Å². The monoisotopic (exact) mass is 482 g/mol. The molecule has 8 heteroatoms. The van der Waals surface area contributed by atoms with Crippen LogP contribution in [0.1, 0.15) is 35.2 Å². The van der Waals surface area contributed by atoms with Gasteiger partial charge in [0.1, 0.15) is 11.5 Å². The Morgan fingerprint density at radius 2 is 1.59 bits per heavy atom. The second-order valence-corrected chi connectivity index (χ2v) is 9.86. The number of methoxy groups -OCH3 is 1. The van der Waals surface area contributed by atoms with Crippen LogP contribution in [-0.4, -0.2) is 28.0 Å². The minimum absolute atomic E-state index is 0.0750. The molecule has 7 nitrogen and oxygen atoms in total. The molecule has 1 atom stereocenters. The van der Waals surface area contributed by atoms with Gasteiger partial charge in [0, 0.05) is 6.07 Å². The van der Waals surface area contributed by atoms with Gasteiger partial charge in [-0.05, 0) is 86.3 Å². The second-order valence-electron chi connectivity index (χ2n) is 8.18. The molecule has 2 N–H and O–H groups in total.